The first-order chi connectivity index (χ1) is 11.8. The van der Waals surface area contributed by atoms with Crippen molar-refractivity contribution in [2.45, 2.75) is 18.8 Å². The lowest BCUT2D eigenvalue weighted by Gasteiger charge is -2.24. The maximum absolute atomic E-state index is 5.71. The fourth-order valence-corrected chi connectivity index (χ4v) is 3.12. The third-order valence-electron chi connectivity index (χ3n) is 4.32. The minimum Gasteiger partial charge on any atom is -0.496 e. The van der Waals surface area contributed by atoms with Crippen molar-refractivity contribution < 1.29 is 14.0 Å². The molecule has 0 amide bonds. The Balaban J connectivity index is 1.59. The van der Waals surface area contributed by atoms with Gasteiger partial charge >= 0.3 is 0 Å². The summed E-state index contributed by atoms with van der Waals surface area (Å²) >= 11 is 0. The predicted molar refractivity (Wildman–Crippen MR) is 89.3 cm³/mol. The van der Waals surface area contributed by atoms with E-state index in [4.69, 9.17) is 14.0 Å². The van der Waals surface area contributed by atoms with Gasteiger partial charge in [0.05, 0.1) is 19.3 Å². The molecule has 0 saturated heterocycles. The van der Waals surface area contributed by atoms with Crippen LogP contribution in [0.2, 0.25) is 0 Å². The Hall–Kier alpha value is -2.82. The number of methoxy groups -OCH3 is 1. The monoisotopic (exact) mass is 322 g/mol. The van der Waals surface area contributed by atoms with Gasteiger partial charge in [0.15, 0.2) is 0 Å². The average molecular weight is 322 g/mol. The standard InChI is InChI=1S/C19H18N2O3/c1-22-16-8-4-3-7-15(16)19-20-18(24-21-19)12-13-10-11-23-17-9-5-2-6-14(13)17/h2-9,13H,10-12H2,1H3/t13-/m0/s1. The molecule has 24 heavy (non-hydrogen) atoms. The third kappa shape index (κ3) is 2.73. The third-order valence-corrected chi connectivity index (χ3v) is 4.32. The van der Waals surface area contributed by atoms with Crippen LogP contribution in [0.25, 0.3) is 11.4 Å². The van der Waals surface area contributed by atoms with Gasteiger partial charge in [0.2, 0.25) is 11.7 Å². The van der Waals surface area contributed by atoms with Crippen molar-refractivity contribution >= 4 is 0 Å². The van der Waals surface area contributed by atoms with Gasteiger partial charge in [0.1, 0.15) is 11.5 Å². The van der Waals surface area contributed by atoms with Crippen LogP contribution in [0.4, 0.5) is 0 Å². The maximum Gasteiger partial charge on any atom is 0.227 e. The SMILES string of the molecule is COc1ccccc1-c1noc(C[C@@H]2CCOc3ccccc32)n1. The fraction of sp³-hybridized carbons (Fsp3) is 0.263. The lowest BCUT2D eigenvalue weighted by atomic mass is 9.90. The number of rotatable bonds is 4. The Labute approximate surface area is 140 Å². The minimum absolute atomic E-state index is 0.334. The zero-order valence-electron chi connectivity index (χ0n) is 13.4. The largest absolute Gasteiger partial charge is 0.496 e. The van der Waals surface area contributed by atoms with Crippen LogP contribution < -0.4 is 9.47 Å². The summed E-state index contributed by atoms with van der Waals surface area (Å²) in [6.45, 7) is 0.717. The molecule has 4 rings (SSSR count). The molecule has 0 N–H and O–H groups in total. The predicted octanol–water partition coefficient (Wildman–Crippen LogP) is 3.85. The summed E-state index contributed by atoms with van der Waals surface area (Å²) in [7, 11) is 1.64. The molecule has 1 aliphatic heterocycles. The Morgan fingerprint density at radius 1 is 1.12 bits per heavy atom. The van der Waals surface area contributed by atoms with Crippen LogP contribution in [0.5, 0.6) is 11.5 Å². The molecule has 0 radical (unpaired) electrons. The Kier molecular flexibility index (Phi) is 3.91. The lowest BCUT2D eigenvalue weighted by Crippen LogP contribution is -2.16. The number of nitrogens with zero attached hydrogens (tertiary/aromatic N) is 2. The molecule has 0 spiro atoms. The normalized spacial score (nSPS) is 16.3. The molecule has 0 saturated carbocycles. The average Bonchev–Trinajstić information content (AvgIpc) is 3.10. The second kappa shape index (κ2) is 6.35. The van der Waals surface area contributed by atoms with Gasteiger partial charge in [0, 0.05) is 6.42 Å². The number of benzene rings is 2. The van der Waals surface area contributed by atoms with Crippen molar-refractivity contribution in [3.05, 3.63) is 60.0 Å². The van der Waals surface area contributed by atoms with E-state index in [9.17, 15) is 0 Å². The van der Waals surface area contributed by atoms with Gasteiger partial charge < -0.3 is 14.0 Å². The molecule has 1 aromatic heterocycles. The number of hydrogen-bond donors (Lipinski definition) is 0. The maximum atomic E-state index is 5.71. The van der Waals surface area contributed by atoms with Crippen LogP contribution in [0.15, 0.2) is 53.1 Å². The number of fused-ring (bicyclic) bond motifs is 1. The smallest absolute Gasteiger partial charge is 0.227 e. The van der Waals surface area contributed by atoms with Crippen molar-refractivity contribution in [1.82, 2.24) is 10.1 Å². The van der Waals surface area contributed by atoms with Gasteiger partial charge in [-0.3, -0.25) is 0 Å². The fourth-order valence-electron chi connectivity index (χ4n) is 3.12. The topological polar surface area (TPSA) is 57.4 Å². The second-order valence-electron chi connectivity index (χ2n) is 5.79. The van der Waals surface area contributed by atoms with E-state index in [1.54, 1.807) is 7.11 Å². The lowest BCUT2D eigenvalue weighted by molar-refractivity contribution is 0.259. The molecule has 1 aliphatic rings. The summed E-state index contributed by atoms with van der Waals surface area (Å²) < 4.78 is 16.6. The number of hydrogen-bond acceptors (Lipinski definition) is 5. The summed E-state index contributed by atoms with van der Waals surface area (Å²) in [5.74, 6) is 3.22. The van der Waals surface area contributed by atoms with Crippen LogP contribution in [0.3, 0.4) is 0 Å². The van der Waals surface area contributed by atoms with Crippen molar-refractivity contribution in [3.63, 3.8) is 0 Å². The molecule has 2 aromatic carbocycles. The van der Waals surface area contributed by atoms with Gasteiger partial charge in [0.25, 0.3) is 0 Å². The van der Waals surface area contributed by atoms with Crippen LogP contribution >= 0.6 is 0 Å². The number of aromatic nitrogens is 2. The zero-order chi connectivity index (χ0) is 16.4. The van der Waals surface area contributed by atoms with Crippen LogP contribution in [-0.4, -0.2) is 23.9 Å². The van der Waals surface area contributed by atoms with E-state index in [2.05, 4.69) is 16.2 Å². The highest BCUT2D eigenvalue weighted by Gasteiger charge is 2.24. The van der Waals surface area contributed by atoms with E-state index in [1.807, 2.05) is 42.5 Å². The Morgan fingerprint density at radius 2 is 1.96 bits per heavy atom. The van der Waals surface area contributed by atoms with Crippen molar-refractivity contribution in [2.75, 3.05) is 13.7 Å². The summed E-state index contributed by atoms with van der Waals surface area (Å²) in [4.78, 5) is 4.56. The second-order valence-corrected chi connectivity index (χ2v) is 5.79. The molecule has 0 aliphatic carbocycles. The first kappa shape index (κ1) is 14.8. The molecule has 0 unspecified atom stereocenters. The van der Waals surface area contributed by atoms with Crippen LogP contribution in [0, 0.1) is 0 Å². The first-order valence-electron chi connectivity index (χ1n) is 8.03. The van der Waals surface area contributed by atoms with E-state index < -0.39 is 0 Å². The molecular formula is C19H18N2O3. The highest BCUT2D eigenvalue weighted by atomic mass is 16.5. The molecule has 1 atom stereocenters. The Bertz CT molecular complexity index is 844. The summed E-state index contributed by atoms with van der Waals surface area (Å²) in [5, 5.41) is 4.12. The van der Waals surface area contributed by atoms with Crippen molar-refractivity contribution in [1.29, 1.82) is 0 Å². The Morgan fingerprint density at radius 3 is 2.88 bits per heavy atom. The minimum atomic E-state index is 0.334. The van der Waals surface area contributed by atoms with Crippen LogP contribution in [-0.2, 0) is 6.42 Å². The molecule has 0 bridgehead atoms. The zero-order valence-corrected chi connectivity index (χ0v) is 13.4. The molecular weight excluding hydrogens is 304 g/mol. The molecule has 0 fully saturated rings. The highest BCUT2D eigenvalue weighted by Crippen LogP contribution is 2.35. The van der Waals surface area contributed by atoms with Crippen molar-refractivity contribution in [2.24, 2.45) is 0 Å². The first-order valence-corrected chi connectivity index (χ1v) is 8.03. The number of para-hydroxylation sites is 2. The van der Waals surface area contributed by atoms with E-state index in [1.165, 1.54) is 5.56 Å². The van der Waals surface area contributed by atoms with Gasteiger partial charge in [-0.1, -0.05) is 35.5 Å². The van der Waals surface area contributed by atoms with E-state index in [0.717, 1.165) is 30.1 Å². The van der Waals surface area contributed by atoms with Gasteiger partial charge in [-0.2, -0.15) is 4.98 Å². The van der Waals surface area contributed by atoms with E-state index in [-0.39, 0.29) is 0 Å². The summed E-state index contributed by atoms with van der Waals surface area (Å²) in [6, 6.07) is 15.8. The van der Waals surface area contributed by atoms with Gasteiger partial charge in [-0.05, 0) is 36.1 Å². The van der Waals surface area contributed by atoms with Crippen molar-refractivity contribution in [3.8, 4) is 22.9 Å². The highest BCUT2D eigenvalue weighted by molar-refractivity contribution is 5.63. The van der Waals surface area contributed by atoms with E-state index in [0.29, 0.717) is 24.1 Å². The molecule has 122 valence electrons. The molecule has 5 heteroatoms. The van der Waals surface area contributed by atoms with Gasteiger partial charge in [-0.15, -0.1) is 0 Å². The van der Waals surface area contributed by atoms with Gasteiger partial charge in [-0.25, -0.2) is 0 Å². The van der Waals surface area contributed by atoms with E-state index >= 15 is 0 Å². The quantitative estimate of drug-likeness (QED) is 0.730. The molecule has 5 nitrogen and oxygen atoms in total. The number of ether oxygens (including phenoxy) is 2. The molecule has 2 heterocycles. The summed E-state index contributed by atoms with van der Waals surface area (Å²) in [6.07, 6.45) is 1.66. The molecule has 3 aromatic rings. The van der Waals surface area contributed by atoms with Crippen LogP contribution in [0.1, 0.15) is 23.8 Å². The summed E-state index contributed by atoms with van der Waals surface area (Å²) in [5.41, 5.74) is 2.04.